The second-order valence-corrected chi connectivity index (χ2v) is 10.0. The Hall–Kier alpha value is -3.72. The van der Waals surface area contributed by atoms with Crippen LogP contribution in [0.15, 0.2) is 53.3 Å². The molecule has 1 saturated heterocycles. The molecule has 2 fully saturated rings. The molecule has 0 amide bonds. The molecule has 9 heteroatoms. The Morgan fingerprint density at radius 3 is 2.50 bits per heavy atom. The number of hydrogen-bond donors (Lipinski definition) is 2. The van der Waals surface area contributed by atoms with Gasteiger partial charge in [0.2, 0.25) is 0 Å². The number of aromatic amines is 1. The summed E-state index contributed by atoms with van der Waals surface area (Å²) >= 11 is 0. The molecule has 2 aromatic carbocycles. The molecule has 0 radical (unpaired) electrons. The third-order valence-electron chi connectivity index (χ3n) is 7.65. The highest BCUT2D eigenvalue weighted by molar-refractivity contribution is 5.79. The summed E-state index contributed by atoms with van der Waals surface area (Å²) in [6.07, 6.45) is 4.48. The zero-order valence-corrected chi connectivity index (χ0v) is 20.5. The van der Waals surface area contributed by atoms with Crippen molar-refractivity contribution in [1.82, 2.24) is 30.1 Å². The average molecular weight is 486 g/mol. The quantitative estimate of drug-likeness (QED) is 0.446. The van der Waals surface area contributed by atoms with Gasteiger partial charge in [0, 0.05) is 42.9 Å². The number of phenols is 1. The maximum absolute atomic E-state index is 13.5. The fourth-order valence-corrected chi connectivity index (χ4v) is 5.74. The van der Waals surface area contributed by atoms with E-state index < -0.39 is 0 Å². The monoisotopic (exact) mass is 485 g/mol. The summed E-state index contributed by atoms with van der Waals surface area (Å²) in [6.45, 7) is 5.18. The third kappa shape index (κ3) is 4.24. The lowest BCUT2D eigenvalue weighted by Crippen LogP contribution is -2.49. The van der Waals surface area contributed by atoms with Crippen LogP contribution in [0.2, 0.25) is 0 Å². The number of anilines is 1. The molecular weight excluding hydrogens is 454 g/mol. The Labute approximate surface area is 209 Å². The fourth-order valence-electron chi connectivity index (χ4n) is 5.74. The minimum atomic E-state index is -0.337. The van der Waals surface area contributed by atoms with Gasteiger partial charge in [0.25, 0.3) is 5.56 Å². The third-order valence-corrected chi connectivity index (χ3v) is 7.65. The molecule has 0 bridgehead atoms. The summed E-state index contributed by atoms with van der Waals surface area (Å²) in [6, 6.07) is 15.4. The van der Waals surface area contributed by atoms with E-state index in [1.165, 1.54) is 12.8 Å². The van der Waals surface area contributed by atoms with Crippen molar-refractivity contribution in [3.8, 4) is 5.75 Å². The van der Waals surface area contributed by atoms with Crippen LogP contribution in [-0.2, 0) is 0 Å². The smallest absolute Gasteiger partial charge is 0.253 e. The van der Waals surface area contributed by atoms with Gasteiger partial charge in [-0.15, -0.1) is 5.10 Å². The second-order valence-electron chi connectivity index (χ2n) is 10.0. The van der Waals surface area contributed by atoms with E-state index in [1.54, 1.807) is 12.1 Å². The first-order valence-electron chi connectivity index (χ1n) is 12.8. The lowest BCUT2D eigenvalue weighted by atomic mass is 10.0. The molecule has 9 nitrogen and oxygen atoms in total. The van der Waals surface area contributed by atoms with Gasteiger partial charge < -0.3 is 15.0 Å². The number of pyridine rings is 1. The molecule has 2 aromatic heterocycles. The molecule has 6 rings (SSSR count). The van der Waals surface area contributed by atoms with E-state index in [0.29, 0.717) is 5.56 Å². The number of piperazine rings is 1. The predicted octanol–water partition coefficient (Wildman–Crippen LogP) is 3.56. The van der Waals surface area contributed by atoms with Crippen LogP contribution >= 0.6 is 0 Å². The van der Waals surface area contributed by atoms with Crippen molar-refractivity contribution in [2.45, 2.75) is 44.7 Å². The molecule has 0 spiro atoms. The minimum Gasteiger partial charge on any atom is -0.508 e. The van der Waals surface area contributed by atoms with Gasteiger partial charge >= 0.3 is 0 Å². The highest BCUT2D eigenvalue weighted by atomic mass is 16.3. The Balaban J connectivity index is 1.38. The van der Waals surface area contributed by atoms with Crippen molar-refractivity contribution in [2.24, 2.45) is 0 Å². The molecule has 0 unspecified atom stereocenters. The molecule has 1 saturated carbocycles. The first kappa shape index (κ1) is 22.7. The van der Waals surface area contributed by atoms with E-state index >= 15 is 0 Å². The summed E-state index contributed by atoms with van der Waals surface area (Å²) in [5.41, 5.74) is 3.65. The number of phenolic OH excluding ortho intramolecular Hbond substituents is 1. The van der Waals surface area contributed by atoms with Gasteiger partial charge in [-0.2, -0.15) is 0 Å². The summed E-state index contributed by atoms with van der Waals surface area (Å²) < 4.78 is 1.98. The normalized spacial score (nSPS) is 18.2. The number of hydrogen-bond acceptors (Lipinski definition) is 7. The molecule has 2 aliphatic rings. The van der Waals surface area contributed by atoms with Crippen molar-refractivity contribution in [1.29, 1.82) is 0 Å². The van der Waals surface area contributed by atoms with Crippen molar-refractivity contribution >= 4 is 16.6 Å². The number of aryl methyl sites for hydroxylation is 1. The van der Waals surface area contributed by atoms with Crippen LogP contribution in [0, 0.1) is 6.92 Å². The van der Waals surface area contributed by atoms with Crippen molar-refractivity contribution < 1.29 is 5.11 Å². The lowest BCUT2D eigenvalue weighted by molar-refractivity contribution is 0.197. The van der Waals surface area contributed by atoms with Crippen LogP contribution < -0.4 is 10.5 Å². The van der Waals surface area contributed by atoms with Crippen LogP contribution in [0.4, 0.5) is 5.69 Å². The molecule has 186 valence electrons. The average Bonchev–Trinajstić information content (AvgIpc) is 3.58. The number of nitrogens with zero attached hydrogens (tertiary/aromatic N) is 6. The molecule has 1 atom stereocenters. The van der Waals surface area contributed by atoms with E-state index in [-0.39, 0.29) is 23.4 Å². The predicted molar refractivity (Wildman–Crippen MR) is 138 cm³/mol. The van der Waals surface area contributed by atoms with Gasteiger partial charge in [-0.1, -0.05) is 24.5 Å². The molecular formula is C27H31N7O2. The Kier molecular flexibility index (Phi) is 5.92. The van der Waals surface area contributed by atoms with Crippen LogP contribution in [-0.4, -0.2) is 61.4 Å². The molecule has 2 N–H and O–H groups in total. The number of aromatic nitrogens is 5. The van der Waals surface area contributed by atoms with Crippen LogP contribution in [0.5, 0.6) is 5.75 Å². The fraction of sp³-hybridized carbons (Fsp3) is 0.407. The van der Waals surface area contributed by atoms with Gasteiger partial charge in [0.15, 0.2) is 5.82 Å². The number of nitrogens with one attached hydrogen (secondary N) is 1. The van der Waals surface area contributed by atoms with Crippen LogP contribution in [0.1, 0.15) is 54.7 Å². The van der Waals surface area contributed by atoms with E-state index in [2.05, 4.69) is 43.3 Å². The number of aromatic hydroxyl groups is 1. The number of fused-ring (bicyclic) bond motifs is 1. The van der Waals surface area contributed by atoms with E-state index in [0.717, 1.165) is 67.0 Å². The maximum atomic E-state index is 13.5. The molecule has 1 aliphatic carbocycles. The van der Waals surface area contributed by atoms with E-state index in [4.69, 9.17) is 0 Å². The summed E-state index contributed by atoms with van der Waals surface area (Å²) in [5, 5.41) is 23.6. The van der Waals surface area contributed by atoms with Crippen molar-refractivity contribution in [2.75, 3.05) is 31.1 Å². The van der Waals surface area contributed by atoms with Gasteiger partial charge in [0.1, 0.15) is 11.8 Å². The number of benzene rings is 2. The van der Waals surface area contributed by atoms with Crippen molar-refractivity contribution in [3.05, 3.63) is 75.8 Å². The highest BCUT2D eigenvalue weighted by Gasteiger charge is 2.34. The number of rotatable bonds is 5. The number of tetrazole rings is 1. The summed E-state index contributed by atoms with van der Waals surface area (Å²) in [4.78, 5) is 21.2. The SMILES string of the molecule is Cc1ccc2[nH]c(=O)c([C@@H](c3nnnn3C3CCCC3)N3CCN(c4ccc(O)cc4)CC3)cc2c1. The van der Waals surface area contributed by atoms with E-state index in [1.807, 2.05) is 35.0 Å². The minimum absolute atomic E-state index is 0.0988. The standard InChI is InChI=1S/C27H31N7O2/c1-18-6-11-24-19(16-18)17-23(27(36)28-24)25(26-29-30-31-34(26)21-4-2-3-5-21)33-14-12-32(13-15-33)20-7-9-22(35)10-8-20/h6-11,16-17,21,25,35H,2-5,12-15H2,1H3,(H,28,36)/t25-/m0/s1. The van der Waals surface area contributed by atoms with Crippen LogP contribution in [0.3, 0.4) is 0 Å². The Morgan fingerprint density at radius 2 is 1.75 bits per heavy atom. The number of H-pyrrole nitrogens is 1. The van der Waals surface area contributed by atoms with Crippen molar-refractivity contribution in [3.63, 3.8) is 0 Å². The lowest BCUT2D eigenvalue weighted by Gasteiger charge is -2.39. The Morgan fingerprint density at radius 1 is 1.00 bits per heavy atom. The molecule has 1 aliphatic heterocycles. The van der Waals surface area contributed by atoms with Gasteiger partial charge in [0.05, 0.1) is 6.04 Å². The van der Waals surface area contributed by atoms with Gasteiger partial charge in [-0.25, -0.2) is 4.68 Å². The molecule has 36 heavy (non-hydrogen) atoms. The molecule has 4 aromatic rings. The van der Waals surface area contributed by atoms with Crippen LogP contribution in [0.25, 0.3) is 10.9 Å². The largest absolute Gasteiger partial charge is 0.508 e. The topological polar surface area (TPSA) is 103 Å². The zero-order chi connectivity index (χ0) is 24.6. The first-order valence-corrected chi connectivity index (χ1v) is 12.8. The highest BCUT2D eigenvalue weighted by Crippen LogP contribution is 2.34. The van der Waals surface area contributed by atoms with E-state index in [9.17, 15) is 9.90 Å². The zero-order valence-electron chi connectivity index (χ0n) is 20.5. The van der Waals surface area contributed by atoms with Gasteiger partial charge in [-0.05, 0) is 78.0 Å². The maximum Gasteiger partial charge on any atom is 0.253 e. The first-order chi connectivity index (χ1) is 17.6. The molecule has 3 heterocycles. The second kappa shape index (κ2) is 9.39. The van der Waals surface area contributed by atoms with Gasteiger partial charge in [-0.3, -0.25) is 9.69 Å². The summed E-state index contributed by atoms with van der Waals surface area (Å²) in [7, 11) is 0. The summed E-state index contributed by atoms with van der Waals surface area (Å²) in [5.74, 6) is 1.01. The Bertz CT molecular complexity index is 1410.